The third-order valence-corrected chi connectivity index (χ3v) is 6.12. The molecule has 6 heteroatoms. The lowest BCUT2D eigenvalue weighted by atomic mass is 10.0. The minimum Gasteiger partial charge on any atom is -0.357 e. The number of nitrogens with one attached hydrogen (secondary N) is 2. The van der Waals surface area contributed by atoms with Gasteiger partial charge >= 0.3 is 0 Å². The summed E-state index contributed by atoms with van der Waals surface area (Å²) in [5.41, 5.74) is 9.84. The zero-order chi connectivity index (χ0) is 19.8. The largest absolute Gasteiger partial charge is 0.357 e. The lowest BCUT2D eigenvalue weighted by molar-refractivity contribution is 0.652. The topological polar surface area (TPSA) is 39.7 Å². The van der Waals surface area contributed by atoms with Crippen molar-refractivity contribution in [1.82, 2.24) is 10.7 Å². The Bertz CT molecular complexity index is 1090. The summed E-state index contributed by atoms with van der Waals surface area (Å²) in [4.78, 5) is 5.10. The monoisotopic (exact) mass is 508 g/mol. The van der Waals surface area contributed by atoms with Crippen LogP contribution in [-0.4, -0.2) is 18.4 Å². The van der Waals surface area contributed by atoms with E-state index < -0.39 is 0 Å². The normalized spacial score (nSPS) is 18.3. The first-order valence-electron chi connectivity index (χ1n) is 9.37. The standard InChI is InChI=1S/C23H18Br2N4/c24-17-10-6-15(7-11-17)21-22(16-8-12-18(25)13-9-16)28-23-20(27-21)14-26-29(23)19-4-2-1-3-5-19/h1-13,23,26,28H,14H2. The van der Waals surface area contributed by atoms with Crippen LogP contribution in [0, 0.1) is 0 Å². The first-order valence-corrected chi connectivity index (χ1v) is 11.0. The smallest absolute Gasteiger partial charge is 0.155 e. The van der Waals surface area contributed by atoms with E-state index in [1.165, 1.54) is 0 Å². The van der Waals surface area contributed by atoms with Crippen molar-refractivity contribution < 1.29 is 0 Å². The van der Waals surface area contributed by atoms with Gasteiger partial charge in [0.1, 0.15) is 0 Å². The van der Waals surface area contributed by atoms with Crippen LogP contribution in [0.5, 0.6) is 0 Å². The van der Waals surface area contributed by atoms with E-state index in [1.54, 1.807) is 0 Å². The van der Waals surface area contributed by atoms with E-state index in [0.717, 1.165) is 42.9 Å². The van der Waals surface area contributed by atoms with Gasteiger partial charge < -0.3 is 5.32 Å². The molecule has 0 bridgehead atoms. The van der Waals surface area contributed by atoms with Crippen molar-refractivity contribution in [2.75, 3.05) is 11.6 Å². The van der Waals surface area contributed by atoms with Crippen LogP contribution in [0.4, 0.5) is 5.69 Å². The molecule has 5 rings (SSSR count). The van der Waals surface area contributed by atoms with Gasteiger partial charge in [0.15, 0.2) is 6.17 Å². The van der Waals surface area contributed by atoms with Gasteiger partial charge in [-0.1, -0.05) is 74.3 Å². The minimum atomic E-state index is -0.0322. The van der Waals surface area contributed by atoms with Crippen molar-refractivity contribution in [3.8, 4) is 0 Å². The average Bonchev–Trinajstić information content (AvgIpc) is 3.18. The number of hydrazine groups is 1. The highest BCUT2D eigenvalue weighted by Crippen LogP contribution is 2.33. The molecule has 1 fully saturated rings. The summed E-state index contributed by atoms with van der Waals surface area (Å²) in [6.07, 6.45) is -0.0322. The summed E-state index contributed by atoms with van der Waals surface area (Å²) >= 11 is 7.06. The van der Waals surface area contributed by atoms with Crippen LogP contribution in [-0.2, 0) is 0 Å². The zero-order valence-corrected chi connectivity index (χ0v) is 18.6. The maximum absolute atomic E-state index is 5.10. The molecule has 0 saturated carbocycles. The predicted molar refractivity (Wildman–Crippen MR) is 126 cm³/mol. The van der Waals surface area contributed by atoms with Crippen molar-refractivity contribution >= 4 is 54.7 Å². The Hall–Kier alpha value is -2.41. The van der Waals surface area contributed by atoms with Crippen molar-refractivity contribution in [1.29, 1.82) is 0 Å². The summed E-state index contributed by atoms with van der Waals surface area (Å²) in [5.74, 6) is 0. The van der Waals surface area contributed by atoms with Gasteiger partial charge in [0.05, 0.1) is 29.3 Å². The highest BCUT2D eigenvalue weighted by molar-refractivity contribution is 9.10. The second-order valence-corrected chi connectivity index (χ2v) is 8.76. The van der Waals surface area contributed by atoms with E-state index in [1.807, 2.05) is 18.2 Å². The minimum absolute atomic E-state index is 0.0322. The van der Waals surface area contributed by atoms with Crippen molar-refractivity contribution in [2.24, 2.45) is 4.99 Å². The Labute approximate surface area is 186 Å². The van der Waals surface area contributed by atoms with Gasteiger partial charge in [-0.3, -0.25) is 5.01 Å². The first kappa shape index (κ1) is 18.6. The van der Waals surface area contributed by atoms with E-state index in [2.05, 4.69) is 108 Å². The quantitative estimate of drug-likeness (QED) is 0.494. The maximum atomic E-state index is 5.10. The molecule has 1 unspecified atom stereocenters. The zero-order valence-electron chi connectivity index (χ0n) is 15.4. The first-order chi connectivity index (χ1) is 14.2. The van der Waals surface area contributed by atoms with Gasteiger partial charge in [0.25, 0.3) is 0 Å². The molecule has 2 heterocycles. The van der Waals surface area contributed by atoms with Crippen molar-refractivity contribution in [3.05, 3.63) is 98.9 Å². The second kappa shape index (κ2) is 7.78. The molecule has 0 amide bonds. The molecule has 2 aliphatic rings. The second-order valence-electron chi connectivity index (χ2n) is 6.93. The van der Waals surface area contributed by atoms with E-state index in [-0.39, 0.29) is 6.17 Å². The Balaban J connectivity index is 1.60. The highest BCUT2D eigenvalue weighted by Gasteiger charge is 2.35. The molecular weight excluding hydrogens is 492 g/mol. The third-order valence-electron chi connectivity index (χ3n) is 5.06. The number of nitrogens with zero attached hydrogens (tertiary/aromatic N) is 2. The van der Waals surface area contributed by atoms with Gasteiger partial charge in [0.2, 0.25) is 0 Å². The molecule has 4 nitrogen and oxygen atoms in total. The number of para-hydroxylation sites is 1. The van der Waals surface area contributed by atoms with Gasteiger partial charge in [-0.2, -0.15) is 0 Å². The van der Waals surface area contributed by atoms with Crippen LogP contribution >= 0.6 is 31.9 Å². The summed E-state index contributed by atoms with van der Waals surface area (Å²) in [7, 11) is 0. The Morgan fingerprint density at radius 1 is 0.793 bits per heavy atom. The SMILES string of the molecule is Brc1ccc(C2=C(c3ccc(Br)cc3)NC3C(=N2)CNN3c2ccccc2)cc1. The van der Waals surface area contributed by atoms with Gasteiger partial charge in [-0.15, -0.1) is 0 Å². The van der Waals surface area contributed by atoms with Crippen LogP contribution in [0.3, 0.4) is 0 Å². The van der Waals surface area contributed by atoms with Gasteiger partial charge in [0, 0.05) is 14.5 Å². The van der Waals surface area contributed by atoms with Crippen LogP contribution in [0.15, 0.2) is 92.8 Å². The number of rotatable bonds is 3. The highest BCUT2D eigenvalue weighted by atomic mass is 79.9. The number of halogens is 2. The number of hydrogen-bond acceptors (Lipinski definition) is 4. The van der Waals surface area contributed by atoms with Crippen molar-refractivity contribution in [2.45, 2.75) is 6.17 Å². The number of aliphatic imine (C=N–C) groups is 1. The maximum Gasteiger partial charge on any atom is 0.155 e. The molecule has 1 saturated heterocycles. The molecule has 3 aromatic rings. The van der Waals surface area contributed by atoms with Gasteiger partial charge in [-0.05, 0) is 42.0 Å². The fraction of sp³-hybridized carbons (Fsp3) is 0.0870. The fourth-order valence-electron chi connectivity index (χ4n) is 3.64. The molecule has 1 atom stereocenters. The predicted octanol–water partition coefficient (Wildman–Crippen LogP) is 5.43. The molecule has 0 radical (unpaired) electrons. The summed E-state index contributed by atoms with van der Waals surface area (Å²) in [5, 5.41) is 5.90. The van der Waals surface area contributed by atoms with Gasteiger partial charge in [-0.25, -0.2) is 10.4 Å². The Kier molecular flexibility index (Phi) is 4.99. The molecule has 144 valence electrons. The van der Waals surface area contributed by atoms with Crippen molar-refractivity contribution in [3.63, 3.8) is 0 Å². The summed E-state index contributed by atoms with van der Waals surface area (Å²) in [6, 6.07) is 27.0. The molecule has 2 N–H and O–H groups in total. The lowest BCUT2D eigenvalue weighted by Crippen LogP contribution is -2.48. The van der Waals surface area contributed by atoms with Crippen LogP contribution in [0.2, 0.25) is 0 Å². The van der Waals surface area contributed by atoms with E-state index in [0.29, 0.717) is 6.54 Å². The van der Waals surface area contributed by atoms with E-state index in [4.69, 9.17) is 4.99 Å². The average molecular weight is 510 g/mol. The fourth-order valence-corrected chi connectivity index (χ4v) is 4.17. The summed E-state index contributed by atoms with van der Waals surface area (Å²) in [6.45, 7) is 0.709. The Morgan fingerprint density at radius 2 is 1.41 bits per heavy atom. The molecule has 0 aromatic heterocycles. The molecule has 29 heavy (non-hydrogen) atoms. The van der Waals surface area contributed by atoms with E-state index >= 15 is 0 Å². The molecule has 3 aromatic carbocycles. The number of benzene rings is 3. The molecule has 2 aliphatic heterocycles. The molecular formula is C23H18Br2N4. The Morgan fingerprint density at radius 3 is 2.07 bits per heavy atom. The molecule has 0 aliphatic carbocycles. The number of hydrogen-bond donors (Lipinski definition) is 2. The van der Waals surface area contributed by atoms with E-state index in [9.17, 15) is 0 Å². The number of fused-ring (bicyclic) bond motifs is 1. The van der Waals surface area contributed by atoms with Crippen LogP contribution < -0.4 is 15.8 Å². The lowest BCUT2D eigenvalue weighted by Gasteiger charge is -2.31. The summed E-state index contributed by atoms with van der Waals surface area (Å²) < 4.78 is 2.11. The third kappa shape index (κ3) is 3.64. The van der Waals surface area contributed by atoms with Crippen LogP contribution in [0.25, 0.3) is 11.4 Å². The molecule has 0 spiro atoms. The number of anilines is 1. The van der Waals surface area contributed by atoms with Crippen LogP contribution in [0.1, 0.15) is 11.1 Å².